The van der Waals surface area contributed by atoms with E-state index in [1.165, 1.54) is 0 Å². The van der Waals surface area contributed by atoms with Gasteiger partial charge >= 0.3 is 21.7 Å². The molecule has 148 valence electrons. The van der Waals surface area contributed by atoms with Gasteiger partial charge in [0.15, 0.2) is 0 Å². The first-order chi connectivity index (χ1) is 14.3. The summed E-state index contributed by atoms with van der Waals surface area (Å²) >= 11 is 0. The van der Waals surface area contributed by atoms with E-state index >= 15 is 0 Å². The molecule has 0 amide bonds. The summed E-state index contributed by atoms with van der Waals surface area (Å²) in [6.45, 7) is 2.06. The summed E-state index contributed by atoms with van der Waals surface area (Å²) in [5, 5.41) is 10.2. The van der Waals surface area contributed by atoms with E-state index in [0.717, 1.165) is 23.1 Å². The standard InChI is InChI=1S/C18H17N.2C5H5.Ti/c1-2-9-18(19)17(16-12-7-4-8-13-16)14-15-10-5-3-6-11-15;2*1-2-4-5-3-1;/h3-8,10-13H,2,9H2,1H3;2*1-5H;/q-2;2*-1;+4. The molecule has 1 nitrogen and oxygen atoms in total. The Balaban J connectivity index is 0.000000333. The molecular weight excluding hydrogens is 398 g/mol. The van der Waals surface area contributed by atoms with Gasteiger partial charge in [-0.05, 0) is 0 Å². The van der Waals surface area contributed by atoms with E-state index in [-0.39, 0.29) is 21.7 Å². The van der Waals surface area contributed by atoms with Crippen molar-refractivity contribution in [2.24, 2.45) is 0 Å². The van der Waals surface area contributed by atoms with Crippen LogP contribution in [0.3, 0.4) is 0 Å². The third-order valence-corrected chi connectivity index (χ3v) is 3.99. The van der Waals surface area contributed by atoms with Gasteiger partial charge in [0.2, 0.25) is 0 Å². The van der Waals surface area contributed by atoms with Crippen molar-refractivity contribution >= 4 is 11.3 Å². The minimum Gasteiger partial charge on any atom is -0.849 e. The summed E-state index contributed by atoms with van der Waals surface area (Å²) in [6, 6.07) is 39.8. The predicted octanol–water partition coefficient (Wildman–Crippen LogP) is 7.54. The molecule has 0 aliphatic carbocycles. The van der Waals surface area contributed by atoms with E-state index in [1.807, 2.05) is 121 Å². The Hall–Kier alpha value is -2.74. The summed E-state index contributed by atoms with van der Waals surface area (Å²) in [5.41, 5.74) is 3.16. The molecule has 0 saturated heterocycles. The molecule has 0 unspecified atom stereocenters. The summed E-state index contributed by atoms with van der Waals surface area (Å²) in [5.74, 6) is 0. The molecule has 0 atom stereocenters. The van der Waals surface area contributed by atoms with E-state index in [1.54, 1.807) is 0 Å². The van der Waals surface area contributed by atoms with E-state index in [0.29, 0.717) is 12.1 Å². The van der Waals surface area contributed by atoms with Gasteiger partial charge in [0.1, 0.15) is 0 Å². The first-order valence-electron chi connectivity index (χ1n) is 9.94. The van der Waals surface area contributed by atoms with Gasteiger partial charge in [-0.3, -0.25) is 0 Å². The second-order valence-corrected chi connectivity index (χ2v) is 6.35. The third-order valence-electron chi connectivity index (χ3n) is 3.99. The van der Waals surface area contributed by atoms with Gasteiger partial charge in [-0.1, -0.05) is 73.9 Å². The zero-order chi connectivity index (χ0) is 20.6. The quantitative estimate of drug-likeness (QED) is 0.136. The maximum absolute atomic E-state index is 10.2. The maximum Gasteiger partial charge on any atom is 4.00 e. The molecule has 0 bridgehead atoms. The average molecular weight is 425 g/mol. The number of benzene rings is 2. The van der Waals surface area contributed by atoms with Crippen LogP contribution in [0.1, 0.15) is 30.9 Å². The molecule has 0 aromatic heterocycles. The zero-order valence-electron chi connectivity index (χ0n) is 17.4. The Morgan fingerprint density at radius 3 is 1.60 bits per heavy atom. The molecule has 0 radical (unpaired) electrons. The van der Waals surface area contributed by atoms with Gasteiger partial charge < -0.3 is 5.41 Å². The Morgan fingerprint density at radius 1 is 0.733 bits per heavy atom. The minimum atomic E-state index is 0. The molecule has 0 spiro atoms. The van der Waals surface area contributed by atoms with Crippen molar-refractivity contribution < 1.29 is 21.7 Å². The summed E-state index contributed by atoms with van der Waals surface area (Å²) in [4.78, 5) is 0. The maximum atomic E-state index is 10.2. The molecule has 4 aromatic rings. The average Bonchev–Trinajstić information content (AvgIpc) is 3.53. The van der Waals surface area contributed by atoms with Crippen LogP contribution in [0.5, 0.6) is 0 Å². The molecular formula is C28H27NTi. The first-order valence-corrected chi connectivity index (χ1v) is 9.94. The van der Waals surface area contributed by atoms with Gasteiger partial charge in [0.05, 0.1) is 0 Å². The van der Waals surface area contributed by atoms with E-state index < -0.39 is 0 Å². The van der Waals surface area contributed by atoms with E-state index in [2.05, 4.69) is 13.0 Å². The normalized spacial score (nSPS) is 9.83. The third kappa shape index (κ3) is 10.2. The van der Waals surface area contributed by atoms with Crippen molar-refractivity contribution in [2.75, 3.05) is 0 Å². The molecule has 0 fully saturated rings. The Bertz CT molecular complexity index is 845. The predicted molar refractivity (Wildman–Crippen MR) is 126 cm³/mol. The van der Waals surface area contributed by atoms with Gasteiger partial charge in [-0.25, -0.2) is 30.0 Å². The van der Waals surface area contributed by atoms with Crippen LogP contribution < -0.4 is 0 Å². The second kappa shape index (κ2) is 16.1. The van der Waals surface area contributed by atoms with Gasteiger partial charge in [-0.2, -0.15) is 36.4 Å². The topological polar surface area (TPSA) is 22.3 Å². The number of nitrogens with zero attached hydrogens (tertiary/aromatic N) is 1. The van der Waals surface area contributed by atoms with Crippen molar-refractivity contribution in [3.8, 4) is 0 Å². The van der Waals surface area contributed by atoms with Gasteiger partial charge in [0, 0.05) is 0 Å². The molecule has 30 heavy (non-hydrogen) atoms. The Morgan fingerprint density at radius 2 is 1.20 bits per heavy atom. The van der Waals surface area contributed by atoms with E-state index in [4.69, 9.17) is 0 Å². The van der Waals surface area contributed by atoms with Crippen molar-refractivity contribution in [1.82, 2.24) is 0 Å². The number of allylic oxidation sites excluding steroid dienone is 1. The smallest absolute Gasteiger partial charge is 0.849 e. The van der Waals surface area contributed by atoms with Crippen molar-refractivity contribution in [3.63, 3.8) is 0 Å². The Kier molecular flexibility index (Phi) is 13.6. The first kappa shape index (κ1) is 25.3. The molecule has 0 saturated carbocycles. The molecule has 0 aliphatic rings. The van der Waals surface area contributed by atoms with E-state index in [9.17, 15) is 5.41 Å². The fourth-order valence-electron chi connectivity index (χ4n) is 2.58. The van der Waals surface area contributed by atoms with Crippen LogP contribution >= 0.6 is 0 Å². The van der Waals surface area contributed by atoms with Crippen molar-refractivity contribution in [2.45, 2.75) is 19.8 Å². The van der Waals surface area contributed by atoms with Crippen LogP contribution in [-0.2, 0) is 21.7 Å². The number of hydrogen-bond donors (Lipinski definition) is 0. The van der Waals surface area contributed by atoms with Crippen LogP contribution in [0.2, 0.25) is 0 Å². The largest absolute Gasteiger partial charge is 4.00 e. The molecule has 0 heterocycles. The molecule has 4 rings (SSSR count). The van der Waals surface area contributed by atoms with Crippen molar-refractivity contribution in [3.05, 3.63) is 144 Å². The molecule has 4 aromatic carbocycles. The van der Waals surface area contributed by atoms with Gasteiger partial charge in [0.25, 0.3) is 0 Å². The van der Waals surface area contributed by atoms with Crippen LogP contribution in [0.15, 0.2) is 121 Å². The fourth-order valence-corrected chi connectivity index (χ4v) is 2.58. The SMILES string of the molecule is CCCC(=[N-])C(=[C-]c1ccccc1)c1ccccc1.[Ti+4].c1cc[cH-]c1.c1cc[cH-]c1. The Labute approximate surface area is 196 Å². The van der Waals surface area contributed by atoms with Gasteiger partial charge in [-0.15, -0.1) is 29.3 Å². The number of rotatable bonds is 5. The van der Waals surface area contributed by atoms with Crippen LogP contribution in [0.25, 0.3) is 11.0 Å². The summed E-state index contributed by atoms with van der Waals surface area (Å²) in [7, 11) is 0. The summed E-state index contributed by atoms with van der Waals surface area (Å²) < 4.78 is 0. The molecule has 0 aliphatic heterocycles. The van der Waals surface area contributed by atoms with Crippen LogP contribution in [0, 0.1) is 6.08 Å². The summed E-state index contributed by atoms with van der Waals surface area (Å²) in [6.07, 6.45) is 4.90. The van der Waals surface area contributed by atoms with Crippen molar-refractivity contribution in [1.29, 1.82) is 0 Å². The zero-order valence-corrected chi connectivity index (χ0v) is 19.0. The number of hydrogen-bond acceptors (Lipinski definition) is 0. The van der Waals surface area contributed by atoms with Crippen LogP contribution in [-0.4, -0.2) is 5.71 Å². The minimum absolute atomic E-state index is 0. The molecule has 0 N–H and O–H groups in total. The molecule has 2 heteroatoms. The fraction of sp³-hybridized carbons (Fsp3) is 0.107. The van der Waals surface area contributed by atoms with Crippen LogP contribution in [0.4, 0.5) is 0 Å². The monoisotopic (exact) mass is 425 g/mol. The second-order valence-electron chi connectivity index (χ2n) is 6.35.